The molecule has 0 aliphatic heterocycles. The number of anilines is 1. The van der Waals surface area contributed by atoms with E-state index < -0.39 is 0 Å². The highest BCUT2D eigenvalue weighted by Crippen LogP contribution is 2.02. The molecule has 1 heterocycles. The molecule has 0 fully saturated rings. The largest absolute Gasteiger partial charge is 0.362 e. The van der Waals surface area contributed by atoms with Gasteiger partial charge in [-0.3, -0.25) is 4.79 Å². The molecular formula is C10H13N3O. The third-order valence-corrected chi connectivity index (χ3v) is 1.91. The zero-order valence-corrected chi connectivity index (χ0v) is 8.08. The summed E-state index contributed by atoms with van der Waals surface area (Å²) in [5, 5.41) is 3.00. The first-order chi connectivity index (χ1) is 6.77. The van der Waals surface area contributed by atoms with Gasteiger partial charge in [-0.15, -0.1) is 12.3 Å². The van der Waals surface area contributed by atoms with Gasteiger partial charge in [-0.1, -0.05) is 6.92 Å². The van der Waals surface area contributed by atoms with Crippen LogP contribution < -0.4 is 10.9 Å². The van der Waals surface area contributed by atoms with Gasteiger partial charge in [0.15, 0.2) is 5.82 Å². The van der Waals surface area contributed by atoms with Crippen LogP contribution in [0.2, 0.25) is 0 Å². The number of H-pyrrole nitrogens is 1. The molecule has 0 bridgehead atoms. The van der Waals surface area contributed by atoms with Gasteiger partial charge in [-0.05, 0) is 6.42 Å². The second-order valence-electron chi connectivity index (χ2n) is 2.92. The van der Waals surface area contributed by atoms with E-state index in [4.69, 9.17) is 6.42 Å². The van der Waals surface area contributed by atoms with E-state index in [-0.39, 0.29) is 11.6 Å². The van der Waals surface area contributed by atoms with E-state index in [0.717, 1.165) is 6.42 Å². The average molecular weight is 191 g/mol. The Kier molecular flexibility index (Phi) is 3.74. The quantitative estimate of drug-likeness (QED) is 0.697. The Morgan fingerprint density at radius 3 is 3.14 bits per heavy atom. The van der Waals surface area contributed by atoms with Crippen LogP contribution in [0.15, 0.2) is 17.2 Å². The van der Waals surface area contributed by atoms with Gasteiger partial charge in [0, 0.05) is 24.9 Å². The maximum Gasteiger partial charge on any atom is 0.290 e. The molecule has 4 nitrogen and oxygen atoms in total. The van der Waals surface area contributed by atoms with Crippen molar-refractivity contribution in [2.45, 2.75) is 25.8 Å². The minimum atomic E-state index is -0.219. The van der Waals surface area contributed by atoms with E-state index in [2.05, 4.69) is 21.2 Å². The van der Waals surface area contributed by atoms with Crippen LogP contribution in [-0.2, 0) is 0 Å². The fourth-order valence-corrected chi connectivity index (χ4v) is 1.09. The maximum absolute atomic E-state index is 11.2. The molecular weight excluding hydrogens is 178 g/mol. The normalized spacial score (nSPS) is 11.7. The fourth-order valence-electron chi connectivity index (χ4n) is 1.09. The first-order valence-electron chi connectivity index (χ1n) is 4.51. The van der Waals surface area contributed by atoms with Crippen LogP contribution in [0.3, 0.4) is 0 Å². The first kappa shape index (κ1) is 10.3. The summed E-state index contributed by atoms with van der Waals surface area (Å²) in [6.07, 6.45) is 9.68. The van der Waals surface area contributed by atoms with Gasteiger partial charge in [-0.25, -0.2) is 4.98 Å². The van der Waals surface area contributed by atoms with Crippen molar-refractivity contribution in [1.82, 2.24) is 9.97 Å². The van der Waals surface area contributed by atoms with Crippen molar-refractivity contribution in [3.63, 3.8) is 0 Å². The molecule has 0 amide bonds. The van der Waals surface area contributed by atoms with Gasteiger partial charge >= 0.3 is 0 Å². The molecule has 0 radical (unpaired) electrons. The molecule has 0 aromatic carbocycles. The van der Waals surface area contributed by atoms with Crippen LogP contribution in [0.1, 0.15) is 19.8 Å². The van der Waals surface area contributed by atoms with Crippen LogP contribution in [0.25, 0.3) is 0 Å². The fraction of sp³-hybridized carbons (Fsp3) is 0.400. The number of terminal acetylenes is 1. The molecule has 1 rings (SSSR count). The van der Waals surface area contributed by atoms with E-state index in [1.165, 1.54) is 12.4 Å². The van der Waals surface area contributed by atoms with Crippen LogP contribution in [0, 0.1) is 12.3 Å². The molecule has 0 aliphatic rings. The summed E-state index contributed by atoms with van der Waals surface area (Å²) in [5.74, 6) is 2.88. The van der Waals surface area contributed by atoms with Crippen molar-refractivity contribution in [2.24, 2.45) is 0 Å². The van der Waals surface area contributed by atoms with Gasteiger partial charge in [0.1, 0.15) is 0 Å². The number of hydrogen-bond acceptors (Lipinski definition) is 3. The summed E-state index contributed by atoms with van der Waals surface area (Å²) in [5.41, 5.74) is -0.219. The second kappa shape index (κ2) is 5.07. The molecule has 0 aliphatic carbocycles. The summed E-state index contributed by atoms with van der Waals surface area (Å²) in [4.78, 5) is 17.7. The zero-order valence-electron chi connectivity index (χ0n) is 8.08. The molecule has 0 saturated carbocycles. The van der Waals surface area contributed by atoms with Gasteiger partial charge < -0.3 is 10.3 Å². The number of rotatable bonds is 4. The van der Waals surface area contributed by atoms with Crippen LogP contribution in [-0.4, -0.2) is 16.0 Å². The number of nitrogens with one attached hydrogen (secondary N) is 2. The Morgan fingerprint density at radius 2 is 2.57 bits per heavy atom. The summed E-state index contributed by atoms with van der Waals surface area (Å²) >= 11 is 0. The smallest absolute Gasteiger partial charge is 0.290 e. The Labute approximate surface area is 82.8 Å². The topological polar surface area (TPSA) is 57.8 Å². The summed E-state index contributed by atoms with van der Waals surface area (Å²) < 4.78 is 0. The van der Waals surface area contributed by atoms with Gasteiger partial charge in [0.2, 0.25) is 0 Å². The number of hydrogen-bond donors (Lipinski definition) is 2. The lowest BCUT2D eigenvalue weighted by atomic mass is 10.1. The third kappa shape index (κ3) is 2.63. The molecule has 14 heavy (non-hydrogen) atoms. The molecule has 0 saturated heterocycles. The summed E-state index contributed by atoms with van der Waals surface area (Å²) in [7, 11) is 0. The molecule has 1 aromatic heterocycles. The second-order valence-corrected chi connectivity index (χ2v) is 2.92. The minimum absolute atomic E-state index is 0.107. The van der Waals surface area contributed by atoms with E-state index in [1.807, 2.05) is 6.92 Å². The van der Waals surface area contributed by atoms with Crippen LogP contribution in [0.4, 0.5) is 5.82 Å². The van der Waals surface area contributed by atoms with E-state index in [0.29, 0.717) is 12.2 Å². The lowest BCUT2D eigenvalue weighted by molar-refractivity contribution is 0.709. The summed E-state index contributed by atoms with van der Waals surface area (Å²) in [6, 6.07) is 0.107. The van der Waals surface area contributed by atoms with Gasteiger partial charge in [0.05, 0.1) is 0 Å². The molecule has 1 aromatic rings. The number of aromatic amines is 1. The van der Waals surface area contributed by atoms with Crippen LogP contribution >= 0.6 is 0 Å². The molecule has 74 valence electrons. The molecule has 1 atom stereocenters. The van der Waals surface area contributed by atoms with E-state index in [9.17, 15) is 4.79 Å². The minimum Gasteiger partial charge on any atom is -0.362 e. The predicted molar refractivity (Wildman–Crippen MR) is 56.0 cm³/mol. The molecule has 2 N–H and O–H groups in total. The molecule has 0 spiro atoms. The van der Waals surface area contributed by atoms with Crippen molar-refractivity contribution in [1.29, 1.82) is 0 Å². The lowest BCUT2D eigenvalue weighted by Gasteiger charge is -2.13. The Hall–Kier alpha value is -1.76. The number of nitrogens with zero attached hydrogens (tertiary/aromatic N) is 1. The first-order valence-corrected chi connectivity index (χ1v) is 4.51. The van der Waals surface area contributed by atoms with E-state index in [1.54, 1.807) is 0 Å². The lowest BCUT2D eigenvalue weighted by Crippen LogP contribution is -2.24. The third-order valence-electron chi connectivity index (χ3n) is 1.91. The monoisotopic (exact) mass is 191 g/mol. The average Bonchev–Trinajstić information content (AvgIpc) is 2.20. The highest BCUT2D eigenvalue weighted by atomic mass is 16.1. The van der Waals surface area contributed by atoms with Crippen molar-refractivity contribution in [3.8, 4) is 12.3 Å². The van der Waals surface area contributed by atoms with Crippen molar-refractivity contribution >= 4 is 5.82 Å². The highest BCUT2D eigenvalue weighted by molar-refractivity contribution is 5.31. The predicted octanol–water partition coefficient (Wildman–Crippen LogP) is 0.984. The highest BCUT2D eigenvalue weighted by Gasteiger charge is 2.06. The van der Waals surface area contributed by atoms with Crippen molar-refractivity contribution in [3.05, 3.63) is 22.7 Å². The Balaban J connectivity index is 2.73. The van der Waals surface area contributed by atoms with Crippen LogP contribution in [0.5, 0.6) is 0 Å². The van der Waals surface area contributed by atoms with E-state index >= 15 is 0 Å². The zero-order chi connectivity index (χ0) is 10.4. The van der Waals surface area contributed by atoms with Crippen molar-refractivity contribution in [2.75, 3.05) is 5.32 Å². The molecule has 4 heteroatoms. The standard InChI is InChI=1S/C10H13N3O/c1-3-5-8(4-2)13-9-10(14)12-7-6-11-9/h1,6-8H,4-5H2,2H3,(H,11,13)(H,12,14). The summed E-state index contributed by atoms with van der Waals surface area (Å²) in [6.45, 7) is 2.01. The SMILES string of the molecule is C#CCC(CC)Nc1ncc[nH]c1=O. The van der Waals surface area contributed by atoms with Crippen molar-refractivity contribution < 1.29 is 0 Å². The van der Waals surface area contributed by atoms with Gasteiger partial charge in [0.25, 0.3) is 5.56 Å². The maximum atomic E-state index is 11.2. The molecule has 1 unspecified atom stereocenters. The Morgan fingerprint density at radius 1 is 1.79 bits per heavy atom. The Bertz CT molecular complexity index is 377. The van der Waals surface area contributed by atoms with Gasteiger partial charge in [-0.2, -0.15) is 0 Å². The number of aromatic nitrogens is 2.